The van der Waals surface area contributed by atoms with Crippen LogP contribution in [0.25, 0.3) is 0 Å². The zero-order valence-electron chi connectivity index (χ0n) is 16.2. The van der Waals surface area contributed by atoms with Gasteiger partial charge in [-0.05, 0) is 54.8 Å². The lowest BCUT2D eigenvalue weighted by atomic mass is 10.2. The first kappa shape index (κ1) is 20.1. The van der Waals surface area contributed by atoms with Crippen LogP contribution in [-0.2, 0) is 16.4 Å². The number of furan rings is 1. The molecule has 0 N–H and O–H groups in total. The van der Waals surface area contributed by atoms with Crippen molar-refractivity contribution in [1.29, 1.82) is 0 Å². The maximum absolute atomic E-state index is 13.2. The lowest BCUT2D eigenvalue weighted by Crippen LogP contribution is -2.29. The molecule has 0 aliphatic rings. The molecule has 2 aromatic carbocycles. The number of aryl methyl sites for hydroxylation is 1. The SMILES string of the molecule is Cc1ccc(S(=O)(=O)c2ccc(C(=O)N(Cc3cccs3)c3ccccc3)o2)cc1. The van der Waals surface area contributed by atoms with Crippen LogP contribution < -0.4 is 4.90 Å². The van der Waals surface area contributed by atoms with E-state index in [1.807, 2.05) is 54.8 Å². The van der Waals surface area contributed by atoms with Gasteiger partial charge in [-0.1, -0.05) is 42.0 Å². The molecule has 2 heterocycles. The highest BCUT2D eigenvalue weighted by Gasteiger charge is 2.26. The summed E-state index contributed by atoms with van der Waals surface area (Å²) in [7, 11) is -3.84. The zero-order valence-corrected chi connectivity index (χ0v) is 17.8. The fourth-order valence-electron chi connectivity index (χ4n) is 2.99. The first-order chi connectivity index (χ1) is 14.4. The minimum Gasteiger partial charge on any atom is -0.439 e. The van der Waals surface area contributed by atoms with Crippen molar-refractivity contribution in [3.05, 3.63) is 100 Å². The molecule has 0 atom stereocenters. The fourth-order valence-corrected chi connectivity index (χ4v) is 4.86. The van der Waals surface area contributed by atoms with Crippen LogP contribution in [0.1, 0.15) is 21.0 Å². The Morgan fingerprint density at radius 2 is 1.67 bits per heavy atom. The Bertz CT molecular complexity index is 1240. The van der Waals surface area contributed by atoms with E-state index in [1.54, 1.807) is 28.4 Å². The molecule has 0 radical (unpaired) electrons. The highest BCUT2D eigenvalue weighted by molar-refractivity contribution is 7.91. The Labute approximate surface area is 179 Å². The van der Waals surface area contributed by atoms with Crippen LogP contribution in [0.2, 0.25) is 0 Å². The Balaban J connectivity index is 1.66. The number of hydrogen-bond acceptors (Lipinski definition) is 5. The van der Waals surface area contributed by atoms with Crippen molar-refractivity contribution < 1.29 is 17.6 Å². The molecule has 0 bridgehead atoms. The van der Waals surface area contributed by atoms with E-state index >= 15 is 0 Å². The van der Waals surface area contributed by atoms with Gasteiger partial charge in [-0.2, -0.15) is 0 Å². The number of carbonyl (C=O) groups excluding carboxylic acids is 1. The highest BCUT2D eigenvalue weighted by Crippen LogP contribution is 2.26. The molecule has 7 heteroatoms. The Hall–Kier alpha value is -3.16. The number of amides is 1. The minimum atomic E-state index is -3.84. The number of hydrogen-bond donors (Lipinski definition) is 0. The van der Waals surface area contributed by atoms with Gasteiger partial charge in [-0.3, -0.25) is 4.79 Å². The predicted molar refractivity (Wildman–Crippen MR) is 117 cm³/mol. The van der Waals surface area contributed by atoms with Gasteiger partial charge < -0.3 is 9.32 Å². The van der Waals surface area contributed by atoms with Crippen LogP contribution in [0.5, 0.6) is 0 Å². The molecule has 4 rings (SSSR count). The number of para-hydroxylation sites is 1. The van der Waals surface area contributed by atoms with Crippen LogP contribution in [0, 0.1) is 6.92 Å². The molecule has 0 saturated heterocycles. The highest BCUT2D eigenvalue weighted by atomic mass is 32.2. The number of nitrogens with zero attached hydrogens (tertiary/aromatic N) is 1. The van der Waals surface area contributed by atoms with Gasteiger partial charge >= 0.3 is 0 Å². The van der Waals surface area contributed by atoms with Crippen LogP contribution >= 0.6 is 11.3 Å². The van der Waals surface area contributed by atoms with E-state index in [-0.39, 0.29) is 15.7 Å². The molecule has 152 valence electrons. The molecule has 0 aliphatic carbocycles. The molecule has 4 aromatic rings. The number of rotatable bonds is 6. The van der Waals surface area contributed by atoms with Crippen LogP contribution in [0.4, 0.5) is 5.69 Å². The largest absolute Gasteiger partial charge is 0.439 e. The van der Waals surface area contributed by atoms with Crippen molar-refractivity contribution in [3.63, 3.8) is 0 Å². The molecule has 0 aliphatic heterocycles. The van der Waals surface area contributed by atoms with Gasteiger partial charge in [0.05, 0.1) is 11.4 Å². The predicted octanol–water partition coefficient (Wildman–Crippen LogP) is 5.33. The van der Waals surface area contributed by atoms with Gasteiger partial charge in [-0.25, -0.2) is 8.42 Å². The van der Waals surface area contributed by atoms with E-state index in [0.29, 0.717) is 12.2 Å². The van der Waals surface area contributed by atoms with Crippen LogP contribution in [0.3, 0.4) is 0 Å². The summed E-state index contributed by atoms with van der Waals surface area (Å²) >= 11 is 1.55. The number of sulfone groups is 1. The zero-order chi connectivity index (χ0) is 21.1. The van der Waals surface area contributed by atoms with Crippen molar-refractivity contribution in [2.45, 2.75) is 23.5 Å². The minimum absolute atomic E-state index is 0.0268. The summed E-state index contributed by atoms with van der Waals surface area (Å²) in [5.74, 6) is -0.430. The number of thiophene rings is 1. The van der Waals surface area contributed by atoms with Gasteiger partial charge in [0.15, 0.2) is 5.76 Å². The van der Waals surface area contributed by atoms with Crippen molar-refractivity contribution in [1.82, 2.24) is 0 Å². The molecule has 2 aromatic heterocycles. The average Bonchev–Trinajstić information content (AvgIpc) is 3.45. The molecular formula is C23H19NO4S2. The second kappa shape index (κ2) is 8.30. The summed E-state index contributed by atoms with van der Waals surface area (Å²) in [6.45, 7) is 2.24. The van der Waals surface area contributed by atoms with Gasteiger partial charge in [0, 0.05) is 10.6 Å². The molecule has 5 nitrogen and oxygen atoms in total. The first-order valence-corrected chi connectivity index (χ1v) is 11.6. The van der Waals surface area contributed by atoms with Crippen molar-refractivity contribution in [3.8, 4) is 0 Å². The molecule has 30 heavy (non-hydrogen) atoms. The van der Waals surface area contributed by atoms with E-state index in [1.165, 1.54) is 24.3 Å². The number of anilines is 1. The summed E-state index contributed by atoms with van der Waals surface area (Å²) in [6, 6.07) is 22.3. The van der Waals surface area contributed by atoms with E-state index < -0.39 is 15.7 Å². The van der Waals surface area contributed by atoms with E-state index in [0.717, 1.165) is 10.4 Å². The molecule has 0 fully saturated rings. The second-order valence-electron chi connectivity index (χ2n) is 6.74. The van der Waals surface area contributed by atoms with Gasteiger partial charge in [0.1, 0.15) is 0 Å². The third kappa shape index (κ3) is 4.08. The lowest BCUT2D eigenvalue weighted by molar-refractivity contribution is 0.0953. The third-order valence-corrected chi connectivity index (χ3v) is 7.10. The number of carbonyl (C=O) groups is 1. The summed E-state index contributed by atoms with van der Waals surface area (Å²) in [5.41, 5.74) is 1.66. The first-order valence-electron chi connectivity index (χ1n) is 9.26. The topological polar surface area (TPSA) is 67.6 Å². The van der Waals surface area contributed by atoms with Crippen molar-refractivity contribution in [2.24, 2.45) is 0 Å². The van der Waals surface area contributed by atoms with E-state index in [9.17, 15) is 13.2 Å². The molecule has 0 unspecified atom stereocenters. The standard InChI is InChI=1S/C23H19NO4S2/c1-17-9-11-20(12-10-17)30(26,27)22-14-13-21(28-22)23(25)24(16-19-8-5-15-29-19)18-6-3-2-4-7-18/h2-15H,16H2,1H3. The lowest BCUT2D eigenvalue weighted by Gasteiger charge is -2.21. The molecule has 0 saturated carbocycles. The second-order valence-corrected chi connectivity index (χ2v) is 9.65. The van der Waals surface area contributed by atoms with Gasteiger partial charge in [0.25, 0.3) is 5.91 Å². The molecule has 0 spiro atoms. The van der Waals surface area contributed by atoms with E-state index in [2.05, 4.69) is 0 Å². The normalized spacial score (nSPS) is 11.4. The summed E-state index contributed by atoms with van der Waals surface area (Å²) in [5, 5.41) is 1.70. The quantitative estimate of drug-likeness (QED) is 0.409. The third-order valence-electron chi connectivity index (χ3n) is 4.60. The van der Waals surface area contributed by atoms with Crippen molar-refractivity contribution >= 4 is 32.8 Å². The van der Waals surface area contributed by atoms with Crippen molar-refractivity contribution in [2.75, 3.05) is 4.90 Å². The molecule has 1 amide bonds. The summed E-state index contributed by atoms with van der Waals surface area (Å²) < 4.78 is 31.3. The van der Waals surface area contributed by atoms with E-state index in [4.69, 9.17) is 4.42 Å². The molecular weight excluding hydrogens is 418 g/mol. The van der Waals surface area contributed by atoms with Gasteiger partial charge in [0.2, 0.25) is 14.9 Å². The Morgan fingerprint density at radius 1 is 0.933 bits per heavy atom. The van der Waals surface area contributed by atoms with Crippen LogP contribution in [-0.4, -0.2) is 14.3 Å². The fraction of sp³-hybridized carbons (Fsp3) is 0.0870. The smallest absolute Gasteiger partial charge is 0.294 e. The summed E-state index contributed by atoms with van der Waals surface area (Å²) in [6.07, 6.45) is 0. The number of benzene rings is 2. The Kier molecular flexibility index (Phi) is 5.57. The van der Waals surface area contributed by atoms with Gasteiger partial charge in [-0.15, -0.1) is 11.3 Å². The average molecular weight is 438 g/mol. The maximum atomic E-state index is 13.2. The Morgan fingerprint density at radius 3 is 2.33 bits per heavy atom. The summed E-state index contributed by atoms with van der Waals surface area (Å²) in [4.78, 5) is 15.9. The van der Waals surface area contributed by atoms with Crippen LogP contribution in [0.15, 0.2) is 98.6 Å². The monoisotopic (exact) mass is 437 g/mol. The maximum Gasteiger partial charge on any atom is 0.294 e.